The highest BCUT2D eigenvalue weighted by Crippen LogP contribution is 2.42. The van der Waals surface area contributed by atoms with Gasteiger partial charge < -0.3 is 5.73 Å². The number of rotatable bonds is 3. The smallest absolute Gasteiger partial charge is 0.0995 e. The van der Waals surface area contributed by atoms with E-state index in [-0.39, 0.29) is 0 Å². The molecule has 1 aliphatic heterocycles. The third-order valence-electron chi connectivity index (χ3n) is 4.76. The topological polar surface area (TPSA) is 53.1 Å². The fourth-order valence-corrected chi connectivity index (χ4v) is 3.62. The average Bonchev–Trinajstić information content (AvgIpc) is 3.32. The molecule has 2 fully saturated rings. The molecule has 0 amide bonds. The average molecular weight is 269 g/mol. The van der Waals surface area contributed by atoms with E-state index in [1.807, 2.05) is 12.1 Å². The minimum absolute atomic E-state index is 0.339. The Balaban J connectivity index is 2.01. The molecular weight excluding hydrogens is 246 g/mol. The molecule has 20 heavy (non-hydrogen) atoms. The van der Waals surface area contributed by atoms with Crippen molar-refractivity contribution in [2.24, 2.45) is 11.7 Å². The minimum atomic E-state index is 0.339. The lowest BCUT2D eigenvalue weighted by molar-refractivity contribution is 0.149. The van der Waals surface area contributed by atoms with Crippen LogP contribution < -0.4 is 5.73 Å². The van der Waals surface area contributed by atoms with Crippen LogP contribution in [0.15, 0.2) is 24.3 Å². The van der Waals surface area contributed by atoms with Crippen molar-refractivity contribution in [3.05, 3.63) is 35.4 Å². The van der Waals surface area contributed by atoms with Crippen molar-refractivity contribution in [1.82, 2.24) is 4.90 Å². The first-order chi connectivity index (χ1) is 9.85. The van der Waals surface area contributed by atoms with Gasteiger partial charge in [0.25, 0.3) is 0 Å². The van der Waals surface area contributed by atoms with E-state index >= 15 is 0 Å². The Morgan fingerprint density at radius 2 is 2.00 bits per heavy atom. The summed E-state index contributed by atoms with van der Waals surface area (Å²) < 4.78 is 0. The maximum absolute atomic E-state index is 9.42. The summed E-state index contributed by atoms with van der Waals surface area (Å²) in [5.74, 6) is 0.479. The van der Waals surface area contributed by atoms with Gasteiger partial charge in [-0.3, -0.25) is 4.90 Å². The summed E-state index contributed by atoms with van der Waals surface area (Å²) in [6.45, 7) is 1.87. The molecule has 3 rings (SSSR count). The van der Waals surface area contributed by atoms with Crippen LogP contribution in [0.5, 0.6) is 0 Å². The molecule has 0 bridgehead atoms. The van der Waals surface area contributed by atoms with Gasteiger partial charge in [0.15, 0.2) is 0 Å². The standard InChI is InChI=1S/C17H23N3/c18-11-13-5-1-2-7-16(13)17-14(12-19)6-3-4-10-20(17)15-8-9-15/h1-2,5,7,14-15,17H,3-4,6,8-10,12,19H2. The van der Waals surface area contributed by atoms with Crippen LogP contribution in [0.25, 0.3) is 0 Å². The lowest BCUT2D eigenvalue weighted by Gasteiger charge is -2.35. The molecule has 106 valence electrons. The third kappa shape index (κ3) is 2.59. The summed E-state index contributed by atoms with van der Waals surface area (Å²) in [4.78, 5) is 2.64. The van der Waals surface area contributed by atoms with Gasteiger partial charge in [0, 0.05) is 12.1 Å². The molecule has 1 saturated carbocycles. The zero-order valence-electron chi connectivity index (χ0n) is 12.0. The Labute approximate surface area is 121 Å². The van der Waals surface area contributed by atoms with Crippen molar-refractivity contribution in [3.8, 4) is 6.07 Å². The predicted octanol–water partition coefficient (Wildman–Crippen LogP) is 2.82. The maximum atomic E-state index is 9.42. The van der Waals surface area contributed by atoms with Crippen LogP contribution in [-0.2, 0) is 0 Å². The second-order valence-corrected chi connectivity index (χ2v) is 6.10. The number of nitrogens with zero attached hydrogens (tertiary/aromatic N) is 2. The molecule has 1 saturated heterocycles. The fourth-order valence-electron chi connectivity index (χ4n) is 3.62. The summed E-state index contributed by atoms with van der Waals surface area (Å²) >= 11 is 0. The first-order valence-corrected chi connectivity index (χ1v) is 7.80. The van der Waals surface area contributed by atoms with E-state index in [1.165, 1.54) is 37.7 Å². The molecule has 2 unspecified atom stereocenters. The van der Waals surface area contributed by atoms with Crippen molar-refractivity contribution in [2.45, 2.75) is 44.2 Å². The van der Waals surface area contributed by atoms with Gasteiger partial charge in [0.2, 0.25) is 0 Å². The highest BCUT2D eigenvalue weighted by atomic mass is 15.2. The number of benzene rings is 1. The van der Waals surface area contributed by atoms with Crippen molar-refractivity contribution in [1.29, 1.82) is 5.26 Å². The number of likely N-dealkylation sites (tertiary alicyclic amines) is 1. The molecule has 3 heteroatoms. The molecule has 0 spiro atoms. The van der Waals surface area contributed by atoms with Gasteiger partial charge in [-0.05, 0) is 56.3 Å². The minimum Gasteiger partial charge on any atom is -0.330 e. The molecule has 1 aromatic carbocycles. The van der Waals surface area contributed by atoms with E-state index < -0.39 is 0 Å². The van der Waals surface area contributed by atoms with Crippen molar-refractivity contribution in [3.63, 3.8) is 0 Å². The Morgan fingerprint density at radius 3 is 2.70 bits per heavy atom. The molecule has 2 atom stereocenters. The lowest BCUT2D eigenvalue weighted by Crippen LogP contribution is -2.37. The second-order valence-electron chi connectivity index (χ2n) is 6.10. The number of hydrogen-bond acceptors (Lipinski definition) is 3. The lowest BCUT2D eigenvalue weighted by atomic mass is 9.87. The molecule has 1 aromatic rings. The van der Waals surface area contributed by atoms with E-state index in [0.29, 0.717) is 18.5 Å². The molecule has 3 nitrogen and oxygen atoms in total. The highest BCUT2D eigenvalue weighted by Gasteiger charge is 2.39. The zero-order chi connectivity index (χ0) is 13.9. The second kappa shape index (κ2) is 5.95. The molecule has 1 heterocycles. The van der Waals surface area contributed by atoms with E-state index in [9.17, 15) is 5.26 Å². The van der Waals surface area contributed by atoms with E-state index in [4.69, 9.17) is 5.73 Å². The summed E-state index contributed by atoms with van der Waals surface area (Å²) in [5.41, 5.74) is 8.08. The van der Waals surface area contributed by atoms with Crippen molar-refractivity contribution < 1.29 is 0 Å². The van der Waals surface area contributed by atoms with Crippen LogP contribution in [0.4, 0.5) is 0 Å². The molecule has 0 aromatic heterocycles. The molecule has 0 radical (unpaired) electrons. The molecule has 1 aliphatic carbocycles. The predicted molar refractivity (Wildman–Crippen MR) is 80.0 cm³/mol. The number of hydrogen-bond donors (Lipinski definition) is 1. The van der Waals surface area contributed by atoms with Crippen LogP contribution in [0, 0.1) is 17.2 Å². The van der Waals surface area contributed by atoms with E-state index in [2.05, 4.69) is 23.1 Å². The highest BCUT2D eigenvalue weighted by molar-refractivity contribution is 5.40. The molecule has 2 N–H and O–H groups in total. The SMILES string of the molecule is N#Cc1ccccc1C1C(CN)CCCCN1C1CC1. The summed E-state index contributed by atoms with van der Waals surface area (Å²) in [6.07, 6.45) is 6.32. The van der Waals surface area contributed by atoms with E-state index in [0.717, 1.165) is 18.2 Å². The molecular formula is C17H23N3. The number of nitriles is 1. The van der Waals surface area contributed by atoms with Gasteiger partial charge in [0.1, 0.15) is 0 Å². The summed E-state index contributed by atoms with van der Waals surface area (Å²) in [7, 11) is 0. The quantitative estimate of drug-likeness (QED) is 0.918. The Bertz CT molecular complexity index is 501. The van der Waals surface area contributed by atoms with Crippen LogP contribution in [0.1, 0.15) is 49.3 Å². The Kier molecular flexibility index (Phi) is 4.05. The van der Waals surface area contributed by atoms with Crippen molar-refractivity contribution in [2.75, 3.05) is 13.1 Å². The van der Waals surface area contributed by atoms with Crippen LogP contribution in [0.3, 0.4) is 0 Å². The van der Waals surface area contributed by atoms with Gasteiger partial charge in [0.05, 0.1) is 11.6 Å². The zero-order valence-corrected chi connectivity index (χ0v) is 12.0. The Hall–Kier alpha value is -1.37. The summed E-state index contributed by atoms with van der Waals surface area (Å²) in [5, 5.41) is 9.42. The first-order valence-electron chi connectivity index (χ1n) is 7.80. The van der Waals surface area contributed by atoms with E-state index in [1.54, 1.807) is 0 Å². The van der Waals surface area contributed by atoms with Crippen LogP contribution in [0.2, 0.25) is 0 Å². The van der Waals surface area contributed by atoms with Crippen LogP contribution >= 0.6 is 0 Å². The van der Waals surface area contributed by atoms with Gasteiger partial charge in [-0.25, -0.2) is 0 Å². The van der Waals surface area contributed by atoms with Gasteiger partial charge in [-0.2, -0.15) is 5.26 Å². The maximum Gasteiger partial charge on any atom is 0.0995 e. The fraction of sp³-hybridized carbons (Fsp3) is 0.588. The van der Waals surface area contributed by atoms with Gasteiger partial charge >= 0.3 is 0 Å². The number of nitrogens with two attached hydrogens (primary N) is 1. The van der Waals surface area contributed by atoms with Gasteiger partial charge in [-0.15, -0.1) is 0 Å². The summed E-state index contributed by atoms with van der Waals surface area (Å²) in [6, 6.07) is 11.5. The first kappa shape index (κ1) is 13.6. The largest absolute Gasteiger partial charge is 0.330 e. The van der Waals surface area contributed by atoms with Crippen LogP contribution in [-0.4, -0.2) is 24.0 Å². The normalized spacial score (nSPS) is 27.8. The monoisotopic (exact) mass is 269 g/mol. The molecule has 2 aliphatic rings. The third-order valence-corrected chi connectivity index (χ3v) is 4.76. The van der Waals surface area contributed by atoms with Crippen molar-refractivity contribution >= 4 is 0 Å². The van der Waals surface area contributed by atoms with Gasteiger partial charge in [-0.1, -0.05) is 24.6 Å². The Morgan fingerprint density at radius 1 is 1.20 bits per heavy atom.